The Kier molecular flexibility index (Phi) is 5.81. The topological polar surface area (TPSA) is 168 Å². The monoisotopic (exact) mass is 248 g/mol. The van der Waals surface area contributed by atoms with Gasteiger partial charge in [0.1, 0.15) is 18.3 Å². The lowest BCUT2D eigenvalue weighted by atomic mass is 10.1. The van der Waals surface area contributed by atoms with Crippen molar-refractivity contribution in [2.75, 3.05) is 6.61 Å². The maximum atomic E-state index is 10.2. The van der Waals surface area contributed by atoms with Gasteiger partial charge in [-0.15, -0.1) is 0 Å². The molecule has 0 heterocycles. The predicted octanol–water partition coefficient (Wildman–Crippen LogP) is -3.51. The van der Waals surface area contributed by atoms with Crippen molar-refractivity contribution in [1.29, 1.82) is 0 Å². The zero-order valence-corrected chi connectivity index (χ0v) is 8.31. The van der Waals surface area contributed by atoms with E-state index in [-0.39, 0.29) is 0 Å². The van der Waals surface area contributed by atoms with Gasteiger partial charge in [-0.05, 0) is 0 Å². The fourth-order valence-electron chi connectivity index (χ4n) is 0.707. The molecule has 0 aromatic rings. The van der Waals surface area contributed by atoms with E-state index in [1.54, 1.807) is 0 Å². The highest BCUT2D eigenvalue weighted by Gasteiger charge is 2.34. The molecular weight excluding hydrogens is 235 g/mol. The summed E-state index contributed by atoms with van der Waals surface area (Å²) in [5, 5.41) is 44.1. The molecule has 0 aliphatic carbocycles. The summed E-state index contributed by atoms with van der Waals surface area (Å²) in [6, 6.07) is 0. The molecule has 0 aromatic carbocycles. The number of aliphatic hydroxyl groups is 5. The molecule has 10 heteroatoms. The van der Waals surface area contributed by atoms with Crippen molar-refractivity contribution in [1.82, 2.24) is 0 Å². The average Bonchev–Trinajstić information content (AvgIpc) is 2.11. The van der Waals surface area contributed by atoms with E-state index < -0.39 is 39.0 Å². The van der Waals surface area contributed by atoms with Crippen LogP contribution in [0.3, 0.4) is 0 Å². The fourth-order valence-corrected chi connectivity index (χ4v) is 1.11. The molecule has 0 amide bonds. The number of rotatable bonds is 6. The number of hydrogen-bond donors (Lipinski definition) is 7. The zero-order valence-electron chi connectivity index (χ0n) is 7.41. The predicted molar refractivity (Wildman–Crippen MR) is 44.2 cm³/mol. The molecule has 9 nitrogen and oxygen atoms in total. The standard InChI is InChI=1S/C5H13O9P/c6-1-2(7)3(8)4(9)5(10)14-15(11,12)13/h2-10H,1H2,(H2,11,12,13)/t2-,3-,4+,5?/m1/s1. The van der Waals surface area contributed by atoms with E-state index in [0.717, 1.165) is 0 Å². The first-order chi connectivity index (χ1) is 6.69. The summed E-state index contributed by atoms with van der Waals surface area (Å²) in [4.78, 5) is 16.5. The van der Waals surface area contributed by atoms with Gasteiger partial charge in [-0.3, -0.25) is 4.52 Å². The van der Waals surface area contributed by atoms with Crippen LogP contribution in [0.25, 0.3) is 0 Å². The lowest BCUT2D eigenvalue weighted by Gasteiger charge is -2.25. The highest BCUT2D eigenvalue weighted by Crippen LogP contribution is 2.37. The molecule has 0 spiro atoms. The van der Waals surface area contributed by atoms with E-state index in [1.165, 1.54) is 0 Å². The first-order valence-electron chi connectivity index (χ1n) is 3.76. The van der Waals surface area contributed by atoms with Crippen molar-refractivity contribution in [3.8, 4) is 0 Å². The van der Waals surface area contributed by atoms with E-state index >= 15 is 0 Å². The van der Waals surface area contributed by atoms with Crippen LogP contribution in [0.5, 0.6) is 0 Å². The van der Waals surface area contributed by atoms with E-state index in [0.29, 0.717) is 0 Å². The summed E-state index contributed by atoms with van der Waals surface area (Å²) in [7, 11) is -5.02. The van der Waals surface area contributed by atoms with Crippen LogP contribution in [0.4, 0.5) is 0 Å². The Morgan fingerprint density at radius 3 is 1.87 bits per heavy atom. The van der Waals surface area contributed by atoms with Crippen molar-refractivity contribution < 1.29 is 44.4 Å². The normalized spacial score (nSPS) is 20.7. The Morgan fingerprint density at radius 1 is 1.07 bits per heavy atom. The van der Waals surface area contributed by atoms with Crippen LogP contribution >= 0.6 is 7.82 Å². The van der Waals surface area contributed by atoms with Crippen LogP contribution in [0.2, 0.25) is 0 Å². The summed E-state index contributed by atoms with van der Waals surface area (Å²) in [6.45, 7) is -0.902. The van der Waals surface area contributed by atoms with Crippen molar-refractivity contribution in [2.45, 2.75) is 24.6 Å². The number of phosphoric acid groups is 1. The van der Waals surface area contributed by atoms with Crippen LogP contribution in [0.1, 0.15) is 0 Å². The highest BCUT2D eigenvalue weighted by atomic mass is 31.2. The second-order valence-electron chi connectivity index (χ2n) is 2.72. The lowest BCUT2D eigenvalue weighted by molar-refractivity contribution is -0.174. The molecule has 0 fully saturated rings. The molecule has 92 valence electrons. The summed E-state index contributed by atoms with van der Waals surface area (Å²) in [6.07, 6.45) is -8.33. The molecule has 0 aliphatic rings. The summed E-state index contributed by atoms with van der Waals surface area (Å²) >= 11 is 0. The summed E-state index contributed by atoms with van der Waals surface area (Å²) in [5.74, 6) is 0. The minimum absolute atomic E-state index is 0.902. The quantitative estimate of drug-likeness (QED) is 0.186. The molecule has 0 aromatic heterocycles. The maximum absolute atomic E-state index is 10.2. The minimum atomic E-state index is -5.02. The Hall–Kier alpha value is -0.0900. The first kappa shape index (κ1) is 14.9. The third-order valence-corrected chi connectivity index (χ3v) is 1.96. The van der Waals surface area contributed by atoms with E-state index in [9.17, 15) is 4.57 Å². The van der Waals surface area contributed by atoms with Gasteiger partial charge in [0.15, 0.2) is 6.29 Å². The van der Waals surface area contributed by atoms with Gasteiger partial charge < -0.3 is 35.3 Å². The van der Waals surface area contributed by atoms with Gasteiger partial charge in [-0.25, -0.2) is 4.57 Å². The van der Waals surface area contributed by atoms with Gasteiger partial charge in [0.25, 0.3) is 0 Å². The smallest absolute Gasteiger partial charge is 0.394 e. The maximum Gasteiger partial charge on any atom is 0.472 e. The van der Waals surface area contributed by atoms with Crippen LogP contribution < -0.4 is 0 Å². The summed E-state index contributed by atoms with van der Waals surface area (Å²) in [5.41, 5.74) is 0. The zero-order chi connectivity index (χ0) is 12.2. The average molecular weight is 248 g/mol. The second-order valence-corrected chi connectivity index (χ2v) is 3.91. The van der Waals surface area contributed by atoms with Gasteiger partial charge in [0.2, 0.25) is 0 Å². The van der Waals surface area contributed by atoms with Gasteiger partial charge in [0.05, 0.1) is 6.61 Å². The second kappa shape index (κ2) is 5.85. The van der Waals surface area contributed by atoms with Crippen molar-refractivity contribution in [3.05, 3.63) is 0 Å². The van der Waals surface area contributed by atoms with Gasteiger partial charge in [-0.2, -0.15) is 0 Å². The SMILES string of the molecule is O=P(O)(O)OC(O)[C@@H](O)[C@H](O)[C@H](O)CO. The van der Waals surface area contributed by atoms with Crippen LogP contribution in [-0.4, -0.2) is 66.5 Å². The molecule has 1 unspecified atom stereocenters. The van der Waals surface area contributed by atoms with E-state index in [2.05, 4.69) is 4.52 Å². The molecule has 0 saturated carbocycles. The number of hydrogen-bond acceptors (Lipinski definition) is 7. The minimum Gasteiger partial charge on any atom is -0.394 e. The molecule has 4 atom stereocenters. The lowest BCUT2D eigenvalue weighted by Crippen LogP contribution is -2.46. The Bertz CT molecular complexity index is 227. The summed E-state index contributed by atoms with van der Waals surface area (Å²) < 4.78 is 13.9. The van der Waals surface area contributed by atoms with Crippen LogP contribution in [-0.2, 0) is 9.09 Å². The van der Waals surface area contributed by atoms with Gasteiger partial charge >= 0.3 is 7.82 Å². The molecule has 0 saturated heterocycles. The van der Waals surface area contributed by atoms with E-state index in [4.69, 9.17) is 35.3 Å². The molecular formula is C5H13O9P. The Balaban J connectivity index is 4.31. The highest BCUT2D eigenvalue weighted by molar-refractivity contribution is 7.46. The molecule has 15 heavy (non-hydrogen) atoms. The van der Waals surface area contributed by atoms with Crippen molar-refractivity contribution in [3.63, 3.8) is 0 Å². The third kappa shape index (κ3) is 5.52. The number of phosphoric ester groups is 1. The fraction of sp³-hybridized carbons (Fsp3) is 1.00. The number of aliphatic hydroxyl groups excluding tert-OH is 5. The Morgan fingerprint density at radius 2 is 1.53 bits per heavy atom. The molecule has 0 aliphatic heterocycles. The van der Waals surface area contributed by atoms with Crippen LogP contribution in [0, 0.1) is 0 Å². The molecule has 0 bridgehead atoms. The van der Waals surface area contributed by atoms with Gasteiger partial charge in [0, 0.05) is 0 Å². The van der Waals surface area contributed by atoms with Crippen LogP contribution in [0.15, 0.2) is 0 Å². The van der Waals surface area contributed by atoms with E-state index in [1.807, 2.05) is 0 Å². The largest absolute Gasteiger partial charge is 0.472 e. The molecule has 7 N–H and O–H groups in total. The third-order valence-electron chi connectivity index (χ3n) is 1.47. The first-order valence-corrected chi connectivity index (χ1v) is 5.29. The Labute approximate surface area is 84.4 Å². The molecule has 0 rings (SSSR count). The van der Waals surface area contributed by atoms with Crippen molar-refractivity contribution in [2.24, 2.45) is 0 Å². The van der Waals surface area contributed by atoms with Crippen molar-refractivity contribution >= 4 is 7.82 Å². The molecule has 0 radical (unpaired) electrons. The van der Waals surface area contributed by atoms with Gasteiger partial charge in [-0.1, -0.05) is 0 Å².